The second kappa shape index (κ2) is 5.82. The fourth-order valence-electron chi connectivity index (χ4n) is 1.54. The number of nitrogens with one attached hydrogen (secondary N) is 1. The highest BCUT2D eigenvalue weighted by Gasteiger charge is 2.05. The highest BCUT2D eigenvalue weighted by Crippen LogP contribution is 1.98. The normalized spacial score (nSPS) is 12.7. The first-order chi connectivity index (χ1) is 7.97. The Bertz CT molecular complexity index is 488. The Morgan fingerprint density at radius 2 is 1.94 bits per heavy atom. The lowest BCUT2D eigenvalue weighted by atomic mass is 10.1. The molecule has 17 heavy (non-hydrogen) atoms. The molecule has 0 amide bonds. The fraction of sp³-hybridized carbons (Fsp3) is 0.667. The standard InChI is InChI=1S/C12H21N3O2/c1-5-9(2)7-13-8-10-6-11(16)15(4)12(17)14(10)3/h6,9,13H,5,7-8H2,1-4H3. The van der Waals surface area contributed by atoms with E-state index >= 15 is 0 Å². The summed E-state index contributed by atoms with van der Waals surface area (Å²) in [6, 6.07) is 1.50. The minimum absolute atomic E-state index is 0.256. The van der Waals surface area contributed by atoms with E-state index < -0.39 is 0 Å². The molecule has 1 heterocycles. The molecule has 1 aromatic rings. The maximum atomic E-state index is 11.7. The Morgan fingerprint density at radius 3 is 2.53 bits per heavy atom. The van der Waals surface area contributed by atoms with Gasteiger partial charge in [0.1, 0.15) is 0 Å². The van der Waals surface area contributed by atoms with Gasteiger partial charge in [0, 0.05) is 32.4 Å². The molecular weight excluding hydrogens is 218 g/mol. The largest absolute Gasteiger partial charge is 0.330 e. The van der Waals surface area contributed by atoms with Crippen molar-refractivity contribution in [3.8, 4) is 0 Å². The van der Waals surface area contributed by atoms with Crippen LogP contribution in [0.15, 0.2) is 15.7 Å². The Balaban J connectivity index is 2.79. The Kier molecular flexibility index (Phi) is 4.69. The summed E-state index contributed by atoms with van der Waals surface area (Å²) in [6.45, 7) is 5.74. The number of hydrogen-bond donors (Lipinski definition) is 1. The van der Waals surface area contributed by atoms with Gasteiger partial charge < -0.3 is 5.32 Å². The third-order valence-corrected chi connectivity index (χ3v) is 3.12. The van der Waals surface area contributed by atoms with Crippen LogP contribution in [-0.2, 0) is 20.6 Å². The number of nitrogens with zero attached hydrogens (tertiary/aromatic N) is 2. The number of hydrogen-bond acceptors (Lipinski definition) is 3. The van der Waals surface area contributed by atoms with E-state index in [9.17, 15) is 9.59 Å². The first kappa shape index (κ1) is 13.7. The van der Waals surface area contributed by atoms with Crippen molar-refractivity contribution in [2.24, 2.45) is 20.0 Å². The van der Waals surface area contributed by atoms with E-state index in [1.807, 2.05) is 0 Å². The van der Waals surface area contributed by atoms with Crippen LogP contribution in [0.1, 0.15) is 26.0 Å². The quantitative estimate of drug-likeness (QED) is 0.799. The van der Waals surface area contributed by atoms with Gasteiger partial charge in [0.15, 0.2) is 0 Å². The lowest BCUT2D eigenvalue weighted by molar-refractivity contribution is 0.489. The van der Waals surface area contributed by atoms with Gasteiger partial charge in [-0.05, 0) is 12.5 Å². The van der Waals surface area contributed by atoms with Crippen molar-refractivity contribution in [2.75, 3.05) is 6.54 Å². The van der Waals surface area contributed by atoms with E-state index in [-0.39, 0.29) is 11.2 Å². The van der Waals surface area contributed by atoms with Crippen molar-refractivity contribution in [2.45, 2.75) is 26.8 Å². The molecular formula is C12H21N3O2. The minimum Gasteiger partial charge on any atom is -0.311 e. The number of rotatable bonds is 5. The molecule has 0 fully saturated rings. The summed E-state index contributed by atoms with van der Waals surface area (Å²) in [5.74, 6) is 0.596. The second-order valence-corrected chi connectivity index (χ2v) is 4.52. The van der Waals surface area contributed by atoms with Gasteiger partial charge in [0.25, 0.3) is 5.56 Å². The first-order valence-electron chi connectivity index (χ1n) is 5.94. The Hall–Kier alpha value is -1.36. The van der Waals surface area contributed by atoms with Crippen LogP contribution >= 0.6 is 0 Å². The second-order valence-electron chi connectivity index (χ2n) is 4.52. The number of aromatic nitrogens is 2. The van der Waals surface area contributed by atoms with Crippen LogP contribution in [0.3, 0.4) is 0 Å². The summed E-state index contributed by atoms with van der Waals surface area (Å²) in [4.78, 5) is 23.1. The lowest BCUT2D eigenvalue weighted by Crippen LogP contribution is -2.39. The molecule has 0 aromatic carbocycles. The van der Waals surface area contributed by atoms with E-state index in [4.69, 9.17) is 0 Å². The third kappa shape index (κ3) is 3.30. The smallest absolute Gasteiger partial charge is 0.311 e. The molecule has 5 nitrogen and oxygen atoms in total. The predicted molar refractivity (Wildman–Crippen MR) is 68.1 cm³/mol. The molecule has 0 radical (unpaired) electrons. The van der Waals surface area contributed by atoms with E-state index in [0.717, 1.165) is 23.2 Å². The molecule has 0 bridgehead atoms. The lowest BCUT2D eigenvalue weighted by Gasteiger charge is -2.12. The van der Waals surface area contributed by atoms with Crippen molar-refractivity contribution in [3.63, 3.8) is 0 Å². The molecule has 0 aliphatic carbocycles. The van der Waals surface area contributed by atoms with Gasteiger partial charge in [-0.15, -0.1) is 0 Å². The van der Waals surface area contributed by atoms with Crippen molar-refractivity contribution < 1.29 is 0 Å². The summed E-state index contributed by atoms with van der Waals surface area (Å²) in [6.07, 6.45) is 1.11. The van der Waals surface area contributed by atoms with Gasteiger partial charge in [0.05, 0.1) is 0 Å². The van der Waals surface area contributed by atoms with E-state index in [0.29, 0.717) is 12.5 Å². The van der Waals surface area contributed by atoms with Crippen molar-refractivity contribution in [1.82, 2.24) is 14.5 Å². The summed E-state index contributed by atoms with van der Waals surface area (Å²) in [5, 5.41) is 3.26. The van der Waals surface area contributed by atoms with Gasteiger partial charge >= 0.3 is 5.69 Å². The molecule has 1 unspecified atom stereocenters. The molecule has 1 N–H and O–H groups in total. The third-order valence-electron chi connectivity index (χ3n) is 3.12. The Morgan fingerprint density at radius 1 is 1.29 bits per heavy atom. The van der Waals surface area contributed by atoms with Crippen molar-refractivity contribution >= 4 is 0 Å². The zero-order valence-electron chi connectivity index (χ0n) is 11.0. The SMILES string of the molecule is CCC(C)CNCc1cc(=O)n(C)c(=O)n1C. The topological polar surface area (TPSA) is 56.0 Å². The maximum absolute atomic E-state index is 11.7. The average Bonchev–Trinajstić information content (AvgIpc) is 2.32. The molecule has 0 saturated heterocycles. The van der Waals surface area contributed by atoms with Crippen LogP contribution in [0.5, 0.6) is 0 Å². The molecule has 1 rings (SSSR count). The molecule has 0 aliphatic rings. The van der Waals surface area contributed by atoms with Crippen molar-refractivity contribution in [3.05, 3.63) is 32.6 Å². The predicted octanol–water partition coefficient (Wildman–Crippen LogP) is 0.220. The molecule has 5 heteroatoms. The zero-order chi connectivity index (χ0) is 13.0. The molecule has 0 aliphatic heterocycles. The van der Waals surface area contributed by atoms with Gasteiger partial charge in [0.2, 0.25) is 0 Å². The van der Waals surface area contributed by atoms with E-state index in [2.05, 4.69) is 19.2 Å². The maximum Gasteiger partial charge on any atom is 0.330 e. The van der Waals surface area contributed by atoms with Crippen LogP contribution in [0.2, 0.25) is 0 Å². The summed E-state index contributed by atoms with van der Waals surface area (Å²) < 4.78 is 2.61. The first-order valence-corrected chi connectivity index (χ1v) is 5.94. The van der Waals surface area contributed by atoms with E-state index in [1.165, 1.54) is 17.7 Å². The van der Waals surface area contributed by atoms with Crippen LogP contribution in [0, 0.1) is 5.92 Å². The summed E-state index contributed by atoms with van der Waals surface area (Å²) in [5.41, 5.74) is 0.188. The van der Waals surface area contributed by atoms with Crippen LogP contribution < -0.4 is 16.6 Å². The van der Waals surface area contributed by atoms with Gasteiger partial charge in [-0.2, -0.15) is 0 Å². The minimum atomic E-state index is -0.280. The van der Waals surface area contributed by atoms with E-state index in [1.54, 1.807) is 7.05 Å². The fourth-order valence-corrected chi connectivity index (χ4v) is 1.54. The highest BCUT2D eigenvalue weighted by atomic mass is 16.2. The molecule has 0 spiro atoms. The van der Waals surface area contributed by atoms with Gasteiger partial charge in [-0.3, -0.25) is 13.9 Å². The van der Waals surface area contributed by atoms with Gasteiger partial charge in [-0.1, -0.05) is 20.3 Å². The molecule has 1 aromatic heterocycles. The molecule has 96 valence electrons. The Labute approximate surface area is 101 Å². The van der Waals surface area contributed by atoms with Gasteiger partial charge in [-0.25, -0.2) is 4.79 Å². The van der Waals surface area contributed by atoms with Crippen LogP contribution in [0.4, 0.5) is 0 Å². The summed E-state index contributed by atoms with van der Waals surface area (Å²) >= 11 is 0. The average molecular weight is 239 g/mol. The molecule has 1 atom stereocenters. The monoisotopic (exact) mass is 239 g/mol. The summed E-state index contributed by atoms with van der Waals surface area (Å²) in [7, 11) is 3.17. The molecule has 0 saturated carbocycles. The van der Waals surface area contributed by atoms with Crippen LogP contribution in [0.25, 0.3) is 0 Å². The zero-order valence-corrected chi connectivity index (χ0v) is 11.0. The van der Waals surface area contributed by atoms with Crippen molar-refractivity contribution in [1.29, 1.82) is 0 Å². The van der Waals surface area contributed by atoms with Crippen LogP contribution in [-0.4, -0.2) is 15.7 Å². The highest BCUT2D eigenvalue weighted by molar-refractivity contribution is 5.01.